The summed E-state index contributed by atoms with van der Waals surface area (Å²) in [4.78, 5) is 19.5. The minimum Gasteiger partial charge on any atom is -0.484 e. The molecule has 1 unspecified atom stereocenters. The topological polar surface area (TPSA) is 44.1 Å². The summed E-state index contributed by atoms with van der Waals surface area (Å²) < 4.78 is 43.3. The van der Waals surface area contributed by atoms with Gasteiger partial charge in [0.25, 0.3) is 5.56 Å². The van der Waals surface area contributed by atoms with Gasteiger partial charge < -0.3 is 4.74 Å². The third-order valence-electron chi connectivity index (χ3n) is 4.94. The molecule has 0 saturated heterocycles. The molecule has 0 fully saturated rings. The Labute approximate surface area is 163 Å². The molecule has 0 amide bonds. The van der Waals surface area contributed by atoms with Crippen molar-refractivity contribution in [3.05, 3.63) is 57.0 Å². The van der Waals surface area contributed by atoms with E-state index in [0.717, 1.165) is 29.7 Å². The zero-order valence-electron chi connectivity index (χ0n) is 15.3. The lowest BCUT2D eigenvalue weighted by atomic mass is 9.89. The van der Waals surface area contributed by atoms with E-state index in [0.29, 0.717) is 16.9 Å². The molecule has 1 atom stereocenters. The van der Waals surface area contributed by atoms with E-state index in [9.17, 15) is 18.0 Å². The third-order valence-corrected chi connectivity index (χ3v) is 6.10. The molecule has 4 nitrogen and oxygen atoms in total. The number of thiophene rings is 1. The molecule has 1 aromatic carbocycles. The molecule has 0 N–H and O–H groups in total. The van der Waals surface area contributed by atoms with E-state index in [1.165, 1.54) is 27.9 Å². The van der Waals surface area contributed by atoms with Crippen molar-refractivity contribution in [2.24, 2.45) is 5.92 Å². The van der Waals surface area contributed by atoms with Crippen LogP contribution < -0.4 is 10.3 Å². The van der Waals surface area contributed by atoms with Crippen molar-refractivity contribution < 1.29 is 17.9 Å². The number of halogens is 3. The number of rotatable bonds is 4. The molecule has 2 heterocycles. The van der Waals surface area contributed by atoms with E-state index in [4.69, 9.17) is 4.74 Å². The molecule has 0 saturated carbocycles. The maximum absolute atomic E-state index is 13.0. The number of aromatic nitrogens is 2. The van der Waals surface area contributed by atoms with Crippen LogP contribution in [0.5, 0.6) is 5.75 Å². The standard InChI is InChI=1S/C20H19F3N2O2S/c1-12-5-6-15-16(7-12)28-18-17(15)19(26)25(11-24-18)9-13-3-2-4-14(8-13)27-10-20(21,22)23/h2-4,8,11-12H,5-7,9-10H2,1H3. The van der Waals surface area contributed by atoms with Gasteiger partial charge in [-0.3, -0.25) is 9.36 Å². The van der Waals surface area contributed by atoms with Crippen molar-refractivity contribution in [1.29, 1.82) is 0 Å². The van der Waals surface area contributed by atoms with Crippen LogP contribution in [0.4, 0.5) is 13.2 Å². The first-order valence-corrected chi connectivity index (χ1v) is 9.90. The van der Waals surface area contributed by atoms with Crippen LogP contribution in [0.15, 0.2) is 35.4 Å². The molecule has 148 valence electrons. The second-order valence-corrected chi connectivity index (χ2v) is 8.34. The van der Waals surface area contributed by atoms with E-state index < -0.39 is 12.8 Å². The third kappa shape index (κ3) is 3.92. The SMILES string of the molecule is CC1CCc2c(sc3ncn(Cc4cccc(OCC(F)(F)F)c4)c(=O)c23)C1. The number of ether oxygens (including phenoxy) is 1. The Kier molecular flexibility index (Phi) is 4.91. The van der Waals surface area contributed by atoms with Crippen LogP contribution in [0.25, 0.3) is 10.2 Å². The van der Waals surface area contributed by atoms with Crippen LogP contribution >= 0.6 is 11.3 Å². The van der Waals surface area contributed by atoms with Crippen molar-refractivity contribution in [2.75, 3.05) is 6.61 Å². The van der Waals surface area contributed by atoms with Crippen LogP contribution in [-0.4, -0.2) is 22.3 Å². The number of aryl methyl sites for hydroxylation is 1. The minimum absolute atomic E-state index is 0.0985. The summed E-state index contributed by atoms with van der Waals surface area (Å²) in [6, 6.07) is 6.36. The number of benzene rings is 1. The zero-order valence-corrected chi connectivity index (χ0v) is 16.1. The number of hydrogen-bond acceptors (Lipinski definition) is 4. The Balaban J connectivity index is 1.62. The average Bonchev–Trinajstić information content (AvgIpc) is 3.00. The summed E-state index contributed by atoms with van der Waals surface area (Å²) in [5, 5.41) is 0.693. The Bertz CT molecular complexity index is 1070. The smallest absolute Gasteiger partial charge is 0.422 e. The minimum atomic E-state index is -4.39. The molecular formula is C20H19F3N2O2S. The Morgan fingerprint density at radius 1 is 1.36 bits per heavy atom. The lowest BCUT2D eigenvalue weighted by Gasteiger charge is -2.17. The average molecular weight is 408 g/mol. The fraction of sp³-hybridized carbons (Fsp3) is 0.400. The fourth-order valence-corrected chi connectivity index (χ4v) is 4.92. The maximum Gasteiger partial charge on any atom is 0.422 e. The first-order valence-electron chi connectivity index (χ1n) is 9.08. The molecule has 0 spiro atoms. The first-order chi connectivity index (χ1) is 13.3. The molecule has 1 aliphatic carbocycles. The van der Waals surface area contributed by atoms with Crippen LogP contribution in [0, 0.1) is 5.92 Å². The van der Waals surface area contributed by atoms with Gasteiger partial charge in [0.1, 0.15) is 10.6 Å². The summed E-state index contributed by atoms with van der Waals surface area (Å²) in [5.41, 5.74) is 1.70. The van der Waals surface area contributed by atoms with Crippen molar-refractivity contribution in [3.63, 3.8) is 0 Å². The molecule has 2 aromatic heterocycles. The normalized spacial score (nSPS) is 16.9. The molecule has 28 heavy (non-hydrogen) atoms. The monoisotopic (exact) mass is 408 g/mol. The van der Waals surface area contributed by atoms with E-state index in [1.54, 1.807) is 23.5 Å². The zero-order chi connectivity index (χ0) is 19.9. The quantitative estimate of drug-likeness (QED) is 0.635. The molecular weight excluding hydrogens is 389 g/mol. The van der Waals surface area contributed by atoms with Gasteiger partial charge in [0.15, 0.2) is 6.61 Å². The highest BCUT2D eigenvalue weighted by Gasteiger charge is 2.28. The molecule has 4 rings (SSSR count). The summed E-state index contributed by atoms with van der Waals surface area (Å²) in [6.45, 7) is 1.10. The largest absolute Gasteiger partial charge is 0.484 e. The van der Waals surface area contributed by atoms with Crippen LogP contribution in [-0.2, 0) is 19.4 Å². The van der Waals surface area contributed by atoms with Gasteiger partial charge in [-0.1, -0.05) is 19.1 Å². The van der Waals surface area contributed by atoms with Gasteiger partial charge in [0.05, 0.1) is 18.3 Å². The molecule has 3 aromatic rings. The Hall–Kier alpha value is -2.35. The number of hydrogen-bond donors (Lipinski definition) is 0. The summed E-state index contributed by atoms with van der Waals surface area (Å²) in [5.74, 6) is 0.737. The van der Waals surface area contributed by atoms with Gasteiger partial charge in [-0.05, 0) is 48.4 Å². The highest BCUT2D eigenvalue weighted by Crippen LogP contribution is 2.35. The summed E-state index contributed by atoms with van der Waals surface area (Å²) >= 11 is 1.59. The van der Waals surface area contributed by atoms with Gasteiger partial charge in [-0.2, -0.15) is 13.2 Å². The predicted molar refractivity (Wildman–Crippen MR) is 102 cm³/mol. The van der Waals surface area contributed by atoms with Crippen molar-refractivity contribution in [1.82, 2.24) is 9.55 Å². The summed E-state index contributed by atoms with van der Waals surface area (Å²) in [7, 11) is 0. The van der Waals surface area contributed by atoms with Crippen molar-refractivity contribution >= 4 is 21.6 Å². The van der Waals surface area contributed by atoms with Crippen LogP contribution in [0.1, 0.15) is 29.3 Å². The van der Waals surface area contributed by atoms with Crippen LogP contribution in [0.2, 0.25) is 0 Å². The second kappa shape index (κ2) is 7.24. The highest BCUT2D eigenvalue weighted by atomic mass is 32.1. The van der Waals surface area contributed by atoms with Crippen molar-refractivity contribution in [2.45, 2.75) is 38.9 Å². The molecule has 0 bridgehead atoms. The first kappa shape index (κ1) is 19.0. The van der Waals surface area contributed by atoms with Gasteiger partial charge in [0, 0.05) is 4.88 Å². The maximum atomic E-state index is 13.0. The lowest BCUT2D eigenvalue weighted by Crippen LogP contribution is -2.22. The molecule has 8 heteroatoms. The second-order valence-electron chi connectivity index (χ2n) is 7.26. The highest BCUT2D eigenvalue weighted by molar-refractivity contribution is 7.18. The lowest BCUT2D eigenvalue weighted by molar-refractivity contribution is -0.153. The van der Waals surface area contributed by atoms with Gasteiger partial charge in [0.2, 0.25) is 0 Å². The number of alkyl halides is 3. The number of nitrogens with zero attached hydrogens (tertiary/aromatic N) is 2. The Morgan fingerprint density at radius 3 is 2.96 bits per heavy atom. The molecule has 0 radical (unpaired) electrons. The van der Waals surface area contributed by atoms with Crippen molar-refractivity contribution in [3.8, 4) is 5.75 Å². The summed E-state index contributed by atoms with van der Waals surface area (Å²) in [6.07, 6.45) is 0.0507. The van der Waals surface area contributed by atoms with Crippen LogP contribution in [0.3, 0.4) is 0 Å². The van der Waals surface area contributed by atoms with Gasteiger partial charge >= 0.3 is 6.18 Å². The van der Waals surface area contributed by atoms with E-state index >= 15 is 0 Å². The Morgan fingerprint density at radius 2 is 2.18 bits per heavy atom. The van der Waals surface area contributed by atoms with E-state index in [-0.39, 0.29) is 17.9 Å². The fourth-order valence-electron chi connectivity index (χ4n) is 3.57. The van der Waals surface area contributed by atoms with Gasteiger partial charge in [-0.15, -0.1) is 11.3 Å². The van der Waals surface area contributed by atoms with Gasteiger partial charge in [-0.25, -0.2) is 4.98 Å². The molecule has 0 aliphatic heterocycles. The molecule has 1 aliphatic rings. The predicted octanol–water partition coefficient (Wildman–Crippen LogP) is 4.57. The van der Waals surface area contributed by atoms with E-state index in [2.05, 4.69) is 11.9 Å². The van der Waals surface area contributed by atoms with E-state index in [1.807, 2.05) is 0 Å². The number of fused-ring (bicyclic) bond motifs is 3.